The minimum absolute atomic E-state index is 0.0385. The summed E-state index contributed by atoms with van der Waals surface area (Å²) < 4.78 is 27.3. The molecule has 0 atom stereocenters. The Labute approximate surface area is 154 Å². The molecule has 1 amide bonds. The van der Waals surface area contributed by atoms with Crippen LogP contribution in [0.1, 0.15) is 40.7 Å². The first-order valence-electron chi connectivity index (χ1n) is 8.91. The van der Waals surface area contributed by atoms with E-state index in [1.54, 1.807) is 12.1 Å². The fourth-order valence-electron chi connectivity index (χ4n) is 2.74. The molecule has 1 aliphatic rings. The Morgan fingerprint density at radius 3 is 2.54 bits per heavy atom. The van der Waals surface area contributed by atoms with Crippen molar-refractivity contribution in [3.05, 3.63) is 65.2 Å². The Bertz CT molecular complexity index is 875. The van der Waals surface area contributed by atoms with Gasteiger partial charge in [-0.25, -0.2) is 13.1 Å². The summed E-state index contributed by atoms with van der Waals surface area (Å²) in [4.78, 5) is 12.6. The highest BCUT2D eigenvalue weighted by Gasteiger charge is 2.28. The molecule has 0 heterocycles. The van der Waals surface area contributed by atoms with Gasteiger partial charge in [0.15, 0.2) is 0 Å². The molecule has 3 rings (SSSR count). The lowest BCUT2D eigenvalue weighted by molar-refractivity contribution is 0.0952. The van der Waals surface area contributed by atoms with Crippen molar-refractivity contribution >= 4 is 15.9 Å². The third-order valence-corrected chi connectivity index (χ3v) is 5.95. The van der Waals surface area contributed by atoms with Crippen molar-refractivity contribution in [3.8, 4) is 0 Å². The molecule has 2 aromatic rings. The van der Waals surface area contributed by atoms with Crippen LogP contribution in [0.4, 0.5) is 0 Å². The number of carbonyl (C=O) groups excluding carboxylic acids is 1. The van der Waals surface area contributed by atoms with Crippen LogP contribution in [0.15, 0.2) is 53.4 Å². The molecule has 2 aromatic carbocycles. The van der Waals surface area contributed by atoms with Gasteiger partial charge in [0.2, 0.25) is 10.0 Å². The van der Waals surface area contributed by atoms with Crippen LogP contribution in [0, 0.1) is 6.92 Å². The van der Waals surface area contributed by atoms with E-state index in [1.165, 1.54) is 11.6 Å². The molecule has 26 heavy (non-hydrogen) atoms. The van der Waals surface area contributed by atoms with E-state index in [2.05, 4.69) is 22.2 Å². The van der Waals surface area contributed by atoms with Gasteiger partial charge < -0.3 is 5.32 Å². The number of hydrogen-bond acceptors (Lipinski definition) is 3. The second kappa shape index (κ2) is 8.01. The largest absolute Gasteiger partial charge is 0.352 e. The average Bonchev–Trinajstić information content (AvgIpc) is 3.43. The highest BCUT2D eigenvalue weighted by atomic mass is 32.2. The zero-order valence-electron chi connectivity index (χ0n) is 14.9. The number of amides is 1. The number of aryl methyl sites for hydroxylation is 2. The fraction of sp³-hybridized carbons (Fsp3) is 0.350. The highest BCUT2D eigenvalue weighted by molar-refractivity contribution is 7.89. The maximum absolute atomic E-state index is 12.5. The average molecular weight is 372 g/mol. The van der Waals surface area contributed by atoms with E-state index < -0.39 is 10.0 Å². The molecule has 5 nitrogen and oxygen atoms in total. The van der Waals surface area contributed by atoms with Gasteiger partial charge in [-0.15, -0.1) is 0 Å². The maximum Gasteiger partial charge on any atom is 0.251 e. The topological polar surface area (TPSA) is 75.3 Å². The first-order valence-corrected chi connectivity index (χ1v) is 10.4. The van der Waals surface area contributed by atoms with Crippen molar-refractivity contribution in [2.75, 3.05) is 6.54 Å². The first kappa shape index (κ1) is 18.6. The molecule has 1 saturated carbocycles. The van der Waals surface area contributed by atoms with Crippen molar-refractivity contribution < 1.29 is 13.2 Å². The van der Waals surface area contributed by atoms with Crippen molar-refractivity contribution in [2.45, 2.75) is 43.5 Å². The van der Waals surface area contributed by atoms with Crippen molar-refractivity contribution in [2.24, 2.45) is 0 Å². The SMILES string of the molecule is Cc1ccc(S(=O)(=O)NC2CC2)cc1C(=O)NCCCc1ccccc1. The van der Waals surface area contributed by atoms with Gasteiger partial charge in [0.05, 0.1) is 4.90 Å². The van der Waals surface area contributed by atoms with Gasteiger partial charge >= 0.3 is 0 Å². The minimum Gasteiger partial charge on any atom is -0.352 e. The van der Waals surface area contributed by atoms with Gasteiger partial charge in [-0.3, -0.25) is 4.79 Å². The van der Waals surface area contributed by atoms with E-state index >= 15 is 0 Å². The lowest BCUT2D eigenvalue weighted by Crippen LogP contribution is -2.28. The number of nitrogens with one attached hydrogen (secondary N) is 2. The number of rotatable bonds is 8. The number of benzene rings is 2. The van der Waals surface area contributed by atoms with Gasteiger partial charge in [0.25, 0.3) is 5.91 Å². The Hall–Kier alpha value is -2.18. The third-order valence-electron chi connectivity index (χ3n) is 4.43. The van der Waals surface area contributed by atoms with Crippen LogP contribution in [0.3, 0.4) is 0 Å². The van der Waals surface area contributed by atoms with Gasteiger partial charge in [-0.2, -0.15) is 0 Å². The van der Waals surface area contributed by atoms with Crippen molar-refractivity contribution in [3.63, 3.8) is 0 Å². The molecule has 0 aliphatic heterocycles. The molecule has 0 spiro atoms. The van der Waals surface area contributed by atoms with E-state index in [9.17, 15) is 13.2 Å². The van der Waals surface area contributed by atoms with Crippen LogP contribution in [0.25, 0.3) is 0 Å². The van der Waals surface area contributed by atoms with E-state index in [1.807, 2.05) is 25.1 Å². The molecule has 1 aliphatic carbocycles. The minimum atomic E-state index is -3.56. The molecule has 1 fully saturated rings. The van der Waals surface area contributed by atoms with Crippen LogP contribution in [-0.4, -0.2) is 26.9 Å². The van der Waals surface area contributed by atoms with E-state index in [-0.39, 0.29) is 16.8 Å². The molecule has 2 N–H and O–H groups in total. The normalized spacial score (nSPS) is 14.2. The molecule has 0 bridgehead atoms. The second-order valence-corrected chi connectivity index (χ2v) is 8.43. The van der Waals surface area contributed by atoms with Crippen LogP contribution in [0.2, 0.25) is 0 Å². The fourth-order valence-corrected chi connectivity index (χ4v) is 4.07. The third kappa shape index (κ3) is 4.93. The van der Waals surface area contributed by atoms with Gasteiger partial charge in [0, 0.05) is 18.2 Å². The molecular formula is C20H24N2O3S. The maximum atomic E-state index is 12.5. The van der Waals surface area contributed by atoms with Gasteiger partial charge in [0.1, 0.15) is 0 Å². The quantitative estimate of drug-likeness (QED) is 0.700. The van der Waals surface area contributed by atoms with Crippen LogP contribution in [0.5, 0.6) is 0 Å². The summed E-state index contributed by atoms with van der Waals surface area (Å²) in [5, 5.41) is 2.89. The Morgan fingerprint density at radius 2 is 1.85 bits per heavy atom. The Kier molecular flexibility index (Phi) is 5.74. The first-order chi connectivity index (χ1) is 12.5. The molecule has 0 saturated heterocycles. The summed E-state index contributed by atoms with van der Waals surface area (Å²) in [5.41, 5.74) is 2.40. The molecule has 0 aromatic heterocycles. The summed E-state index contributed by atoms with van der Waals surface area (Å²) in [6, 6.07) is 14.8. The summed E-state index contributed by atoms with van der Waals surface area (Å²) in [6.45, 7) is 2.36. The Balaban J connectivity index is 1.60. The predicted molar refractivity (Wildman–Crippen MR) is 102 cm³/mol. The van der Waals surface area contributed by atoms with Gasteiger partial charge in [-0.1, -0.05) is 36.4 Å². The molecule has 138 valence electrons. The number of sulfonamides is 1. The van der Waals surface area contributed by atoms with Crippen molar-refractivity contribution in [1.29, 1.82) is 0 Å². The van der Waals surface area contributed by atoms with Crippen LogP contribution in [-0.2, 0) is 16.4 Å². The standard InChI is InChI=1S/C20H24N2O3S/c1-15-9-12-18(26(24,25)22-17-10-11-17)14-19(15)20(23)21-13-5-8-16-6-3-2-4-7-16/h2-4,6-7,9,12,14,17,22H,5,8,10-11,13H2,1H3,(H,21,23). The highest BCUT2D eigenvalue weighted by Crippen LogP contribution is 2.23. The zero-order valence-corrected chi connectivity index (χ0v) is 15.7. The Morgan fingerprint density at radius 1 is 1.12 bits per heavy atom. The molecule has 0 unspecified atom stereocenters. The number of carbonyl (C=O) groups is 1. The molecule has 6 heteroatoms. The molecule has 0 radical (unpaired) electrons. The smallest absolute Gasteiger partial charge is 0.251 e. The monoisotopic (exact) mass is 372 g/mol. The van der Waals surface area contributed by atoms with Gasteiger partial charge in [-0.05, 0) is 55.9 Å². The summed E-state index contributed by atoms with van der Waals surface area (Å²) in [5.74, 6) is -0.237. The number of hydrogen-bond donors (Lipinski definition) is 2. The zero-order chi connectivity index (χ0) is 18.6. The van der Waals surface area contributed by atoms with Crippen molar-refractivity contribution in [1.82, 2.24) is 10.0 Å². The van der Waals surface area contributed by atoms with Crippen LogP contribution >= 0.6 is 0 Å². The van der Waals surface area contributed by atoms with E-state index in [4.69, 9.17) is 0 Å². The lowest BCUT2D eigenvalue weighted by Gasteiger charge is -2.11. The summed E-state index contributed by atoms with van der Waals surface area (Å²) in [7, 11) is -3.56. The van der Waals surface area contributed by atoms with E-state index in [0.29, 0.717) is 12.1 Å². The molecular weight excluding hydrogens is 348 g/mol. The summed E-state index contributed by atoms with van der Waals surface area (Å²) >= 11 is 0. The lowest BCUT2D eigenvalue weighted by atomic mass is 10.1. The summed E-state index contributed by atoms with van der Waals surface area (Å²) in [6.07, 6.45) is 3.47. The van der Waals surface area contributed by atoms with E-state index in [0.717, 1.165) is 31.2 Å². The predicted octanol–water partition coefficient (Wildman–Crippen LogP) is 2.80. The van der Waals surface area contributed by atoms with Crippen LogP contribution < -0.4 is 10.0 Å². The second-order valence-electron chi connectivity index (χ2n) is 6.72.